The third-order valence-electron chi connectivity index (χ3n) is 5.37. The second-order valence-electron chi connectivity index (χ2n) is 6.89. The molecule has 0 saturated carbocycles. The molecule has 3 fully saturated rings. The zero-order valence-electron chi connectivity index (χ0n) is 13.3. The molecule has 3 aliphatic rings. The molecule has 0 spiro atoms. The molecule has 3 heterocycles. The quantitative estimate of drug-likeness (QED) is 0.821. The highest BCUT2D eigenvalue weighted by molar-refractivity contribution is 7.88. The van der Waals surface area contributed by atoms with E-state index in [-0.39, 0.29) is 11.9 Å². The topological polar surface area (TPSA) is 69.7 Å². The molecule has 1 N–H and O–H groups in total. The van der Waals surface area contributed by atoms with E-state index in [1.54, 1.807) is 0 Å². The number of hydrogen-bond donors (Lipinski definition) is 1. The maximum absolute atomic E-state index is 12.6. The first-order chi connectivity index (χ1) is 10.5. The van der Waals surface area contributed by atoms with Crippen LogP contribution in [0.5, 0.6) is 0 Å². The molecule has 3 aliphatic heterocycles. The molecule has 7 heteroatoms. The van der Waals surface area contributed by atoms with E-state index >= 15 is 0 Å². The van der Waals surface area contributed by atoms with Gasteiger partial charge in [0.2, 0.25) is 15.9 Å². The van der Waals surface area contributed by atoms with Gasteiger partial charge in [-0.1, -0.05) is 12.8 Å². The lowest BCUT2D eigenvalue weighted by molar-refractivity contribution is -0.126. The second kappa shape index (κ2) is 6.45. The molecule has 3 saturated heterocycles. The summed E-state index contributed by atoms with van der Waals surface area (Å²) in [5.41, 5.74) is 0. The first-order valence-electron chi connectivity index (χ1n) is 8.48. The Hall–Kier alpha value is -0.660. The molecule has 6 nitrogen and oxygen atoms in total. The third-order valence-corrected chi connectivity index (χ3v) is 6.66. The molecule has 126 valence electrons. The Kier molecular flexibility index (Phi) is 4.75. The summed E-state index contributed by atoms with van der Waals surface area (Å²) in [7, 11) is -3.31. The minimum atomic E-state index is -3.31. The van der Waals surface area contributed by atoms with Crippen LogP contribution in [0.4, 0.5) is 0 Å². The highest BCUT2D eigenvalue weighted by Gasteiger charge is 2.39. The van der Waals surface area contributed by atoms with Gasteiger partial charge in [0, 0.05) is 25.2 Å². The van der Waals surface area contributed by atoms with Gasteiger partial charge in [0.1, 0.15) is 6.04 Å². The molecule has 0 aliphatic carbocycles. The summed E-state index contributed by atoms with van der Waals surface area (Å²) in [6.07, 6.45) is 8.22. The van der Waals surface area contributed by atoms with E-state index < -0.39 is 16.1 Å². The first-order valence-corrected chi connectivity index (χ1v) is 10.3. The fourth-order valence-corrected chi connectivity index (χ4v) is 5.38. The van der Waals surface area contributed by atoms with Gasteiger partial charge in [-0.3, -0.25) is 9.69 Å². The maximum atomic E-state index is 12.6. The Morgan fingerprint density at radius 1 is 1.00 bits per heavy atom. The van der Waals surface area contributed by atoms with Crippen molar-refractivity contribution >= 4 is 15.9 Å². The van der Waals surface area contributed by atoms with Crippen LogP contribution in [0, 0.1) is 0 Å². The first kappa shape index (κ1) is 16.2. The Morgan fingerprint density at radius 2 is 1.73 bits per heavy atom. The Labute approximate surface area is 133 Å². The van der Waals surface area contributed by atoms with Gasteiger partial charge in [0.05, 0.1) is 6.26 Å². The molecule has 0 bridgehead atoms. The standard InChI is InChI=1S/C15H27N3O3S/c1-22(20,21)18-10-5-3-7-14(18)15(19)16-12-8-11-17-9-4-2-6-13(12)17/h12-14H,2-11H2,1H3,(H,16,19)/t12-,13+,14+/m0/s1. The zero-order valence-corrected chi connectivity index (χ0v) is 14.1. The van der Waals surface area contributed by atoms with E-state index in [9.17, 15) is 13.2 Å². The van der Waals surface area contributed by atoms with Crippen LogP contribution >= 0.6 is 0 Å². The van der Waals surface area contributed by atoms with E-state index in [2.05, 4.69) is 10.2 Å². The van der Waals surface area contributed by atoms with E-state index in [4.69, 9.17) is 0 Å². The minimum Gasteiger partial charge on any atom is -0.350 e. The number of fused-ring (bicyclic) bond motifs is 1. The average molecular weight is 329 g/mol. The van der Waals surface area contributed by atoms with Crippen LogP contribution in [0.3, 0.4) is 0 Å². The van der Waals surface area contributed by atoms with E-state index in [1.807, 2.05) is 0 Å². The third kappa shape index (κ3) is 3.31. The number of piperidine rings is 2. The molecule has 3 atom stereocenters. The molecular formula is C15H27N3O3S. The fraction of sp³-hybridized carbons (Fsp3) is 0.933. The van der Waals surface area contributed by atoms with Crippen molar-refractivity contribution in [2.24, 2.45) is 0 Å². The van der Waals surface area contributed by atoms with Crippen molar-refractivity contribution < 1.29 is 13.2 Å². The van der Waals surface area contributed by atoms with Gasteiger partial charge < -0.3 is 5.32 Å². The smallest absolute Gasteiger partial charge is 0.238 e. The van der Waals surface area contributed by atoms with Gasteiger partial charge in [0.15, 0.2) is 0 Å². The van der Waals surface area contributed by atoms with Crippen molar-refractivity contribution in [2.45, 2.75) is 63.1 Å². The lowest BCUT2D eigenvalue weighted by atomic mass is 9.98. The molecular weight excluding hydrogens is 302 g/mol. The summed E-state index contributed by atoms with van der Waals surface area (Å²) in [6, 6.07) is 0.130. The zero-order chi connectivity index (χ0) is 15.7. The predicted octanol–water partition coefficient (Wildman–Crippen LogP) is 0.544. The van der Waals surface area contributed by atoms with Crippen LogP contribution in [0.2, 0.25) is 0 Å². The molecule has 0 aromatic carbocycles. The molecule has 0 radical (unpaired) electrons. The normalized spacial score (nSPS) is 34.3. The molecule has 3 rings (SSSR count). The van der Waals surface area contributed by atoms with Gasteiger partial charge in [-0.05, 0) is 38.6 Å². The molecule has 0 aromatic heterocycles. The summed E-state index contributed by atoms with van der Waals surface area (Å²) < 4.78 is 25.2. The van der Waals surface area contributed by atoms with Crippen molar-refractivity contribution in [1.82, 2.24) is 14.5 Å². The summed E-state index contributed by atoms with van der Waals surface area (Å²) >= 11 is 0. The van der Waals surface area contributed by atoms with Crippen LogP contribution in [-0.2, 0) is 14.8 Å². The largest absolute Gasteiger partial charge is 0.350 e. The minimum absolute atomic E-state index is 0.0949. The Morgan fingerprint density at radius 3 is 2.50 bits per heavy atom. The predicted molar refractivity (Wildman–Crippen MR) is 84.9 cm³/mol. The average Bonchev–Trinajstić information content (AvgIpc) is 2.90. The number of nitrogens with one attached hydrogen (secondary N) is 1. The molecule has 0 aromatic rings. The monoisotopic (exact) mass is 329 g/mol. The number of nitrogens with zero attached hydrogens (tertiary/aromatic N) is 2. The van der Waals surface area contributed by atoms with Gasteiger partial charge in [-0.15, -0.1) is 0 Å². The highest BCUT2D eigenvalue weighted by atomic mass is 32.2. The van der Waals surface area contributed by atoms with Gasteiger partial charge in [0.25, 0.3) is 0 Å². The summed E-state index contributed by atoms with van der Waals surface area (Å²) in [5.74, 6) is -0.0949. The number of amides is 1. The highest BCUT2D eigenvalue weighted by Crippen LogP contribution is 2.28. The Bertz CT molecular complexity index is 522. The van der Waals surface area contributed by atoms with Gasteiger partial charge in [-0.25, -0.2) is 8.42 Å². The number of carbonyl (C=O) groups excluding carboxylic acids is 1. The fourth-order valence-electron chi connectivity index (χ4n) is 4.26. The van der Waals surface area contributed by atoms with Crippen LogP contribution in [-0.4, -0.2) is 67.5 Å². The second-order valence-corrected chi connectivity index (χ2v) is 8.82. The van der Waals surface area contributed by atoms with Crippen molar-refractivity contribution in [2.75, 3.05) is 25.9 Å². The van der Waals surface area contributed by atoms with Gasteiger partial charge in [-0.2, -0.15) is 4.31 Å². The van der Waals surface area contributed by atoms with Crippen molar-refractivity contribution in [3.05, 3.63) is 0 Å². The van der Waals surface area contributed by atoms with Crippen LogP contribution in [0.25, 0.3) is 0 Å². The number of hydrogen-bond acceptors (Lipinski definition) is 4. The van der Waals surface area contributed by atoms with Gasteiger partial charge >= 0.3 is 0 Å². The summed E-state index contributed by atoms with van der Waals surface area (Å²) in [6.45, 7) is 2.66. The molecule has 0 unspecified atom stereocenters. The van der Waals surface area contributed by atoms with E-state index in [0.29, 0.717) is 19.0 Å². The number of sulfonamides is 1. The van der Waals surface area contributed by atoms with E-state index in [1.165, 1.54) is 23.4 Å². The lowest BCUT2D eigenvalue weighted by Crippen LogP contribution is -2.55. The van der Waals surface area contributed by atoms with Crippen molar-refractivity contribution in [3.63, 3.8) is 0 Å². The van der Waals surface area contributed by atoms with Crippen molar-refractivity contribution in [1.29, 1.82) is 0 Å². The number of rotatable bonds is 3. The Balaban J connectivity index is 1.65. The van der Waals surface area contributed by atoms with E-state index in [0.717, 1.165) is 38.8 Å². The summed E-state index contributed by atoms with van der Waals surface area (Å²) in [4.78, 5) is 15.1. The van der Waals surface area contributed by atoms with Crippen LogP contribution < -0.4 is 5.32 Å². The number of carbonyl (C=O) groups is 1. The van der Waals surface area contributed by atoms with Crippen LogP contribution in [0.15, 0.2) is 0 Å². The SMILES string of the molecule is CS(=O)(=O)N1CCCC[C@@H]1C(=O)N[C@H]1CCN2CCCC[C@H]12. The van der Waals surface area contributed by atoms with Crippen molar-refractivity contribution in [3.8, 4) is 0 Å². The summed E-state index contributed by atoms with van der Waals surface area (Å²) in [5, 5.41) is 3.16. The maximum Gasteiger partial charge on any atom is 0.238 e. The van der Waals surface area contributed by atoms with Crippen LogP contribution in [0.1, 0.15) is 44.9 Å². The molecule has 22 heavy (non-hydrogen) atoms. The lowest BCUT2D eigenvalue weighted by Gasteiger charge is -2.36. The molecule has 1 amide bonds.